The Balaban J connectivity index is 2.07. The van der Waals surface area contributed by atoms with E-state index in [2.05, 4.69) is 10.6 Å². The first-order valence-electron chi connectivity index (χ1n) is 7.84. The topological polar surface area (TPSA) is 67.4 Å². The maximum absolute atomic E-state index is 11.8. The fraction of sp³-hybridized carbons (Fsp3) is 0.263. The van der Waals surface area contributed by atoms with Crippen LogP contribution in [0.1, 0.15) is 30.6 Å². The number of anilines is 3. The molecule has 2 aromatic rings. The smallest absolute Gasteiger partial charge is 0.339 e. The average molecular weight is 326 g/mol. The zero-order chi connectivity index (χ0) is 17.5. The van der Waals surface area contributed by atoms with E-state index in [1.165, 1.54) is 7.11 Å². The van der Waals surface area contributed by atoms with Crippen molar-refractivity contribution in [3.63, 3.8) is 0 Å². The van der Waals surface area contributed by atoms with E-state index >= 15 is 0 Å². The van der Waals surface area contributed by atoms with Crippen molar-refractivity contribution >= 4 is 28.9 Å². The van der Waals surface area contributed by atoms with E-state index in [9.17, 15) is 9.59 Å². The zero-order valence-corrected chi connectivity index (χ0v) is 14.1. The number of ether oxygens (including phenoxy) is 1. The number of nitrogens with one attached hydrogen (secondary N) is 2. The molecule has 2 aromatic carbocycles. The normalized spacial score (nSPS) is 10.3. The Morgan fingerprint density at radius 1 is 1.00 bits per heavy atom. The number of para-hydroxylation sites is 1. The molecule has 0 unspecified atom stereocenters. The van der Waals surface area contributed by atoms with Gasteiger partial charge in [-0.2, -0.15) is 0 Å². The van der Waals surface area contributed by atoms with Crippen molar-refractivity contribution in [1.29, 1.82) is 0 Å². The molecule has 0 aliphatic carbocycles. The molecule has 24 heavy (non-hydrogen) atoms. The zero-order valence-electron chi connectivity index (χ0n) is 14.1. The molecule has 0 aliphatic heterocycles. The van der Waals surface area contributed by atoms with Gasteiger partial charge >= 0.3 is 5.97 Å². The SMILES string of the molecule is COC(=O)c1ccccc1Nc1ccc(NC(=O)CC(C)C)cc1. The van der Waals surface area contributed by atoms with Crippen molar-refractivity contribution in [2.24, 2.45) is 5.92 Å². The third-order valence-corrected chi connectivity index (χ3v) is 3.37. The van der Waals surface area contributed by atoms with Gasteiger partial charge < -0.3 is 15.4 Å². The van der Waals surface area contributed by atoms with Crippen molar-refractivity contribution in [3.05, 3.63) is 54.1 Å². The van der Waals surface area contributed by atoms with Gasteiger partial charge in [0.25, 0.3) is 0 Å². The molecule has 0 saturated heterocycles. The Hall–Kier alpha value is -2.82. The number of amides is 1. The summed E-state index contributed by atoms with van der Waals surface area (Å²) < 4.78 is 4.78. The Morgan fingerprint density at radius 3 is 2.25 bits per heavy atom. The Labute approximate surface area is 142 Å². The van der Waals surface area contributed by atoms with Gasteiger partial charge in [0, 0.05) is 17.8 Å². The number of hydrogen-bond donors (Lipinski definition) is 2. The van der Waals surface area contributed by atoms with Crippen LogP contribution in [0, 0.1) is 5.92 Å². The first kappa shape index (κ1) is 17.5. The largest absolute Gasteiger partial charge is 0.465 e. The molecule has 0 spiro atoms. The van der Waals surface area contributed by atoms with Gasteiger partial charge in [0.15, 0.2) is 0 Å². The van der Waals surface area contributed by atoms with Crippen molar-refractivity contribution < 1.29 is 14.3 Å². The number of rotatable bonds is 6. The standard InChI is InChI=1S/C19H22N2O3/c1-13(2)12-18(22)21-15-10-8-14(9-11-15)20-17-7-5-4-6-16(17)19(23)24-3/h4-11,13,20H,12H2,1-3H3,(H,21,22). The third kappa shape index (κ3) is 4.84. The summed E-state index contributed by atoms with van der Waals surface area (Å²) in [5.41, 5.74) is 2.69. The molecule has 0 fully saturated rings. The monoisotopic (exact) mass is 326 g/mol. The van der Waals surface area contributed by atoms with Crippen LogP contribution in [0.25, 0.3) is 0 Å². The van der Waals surface area contributed by atoms with Gasteiger partial charge in [-0.15, -0.1) is 0 Å². The van der Waals surface area contributed by atoms with E-state index in [4.69, 9.17) is 4.74 Å². The van der Waals surface area contributed by atoms with Crippen LogP contribution >= 0.6 is 0 Å². The molecule has 0 saturated carbocycles. The lowest BCUT2D eigenvalue weighted by atomic mass is 10.1. The number of benzene rings is 2. The predicted molar refractivity (Wildman–Crippen MR) is 95.6 cm³/mol. The molecule has 2 N–H and O–H groups in total. The number of methoxy groups -OCH3 is 1. The number of carbonyl (C=O) groups is 2. The fourth-order valence-electron chi connectivity index (χ4n) is 2.26. The lowest BCUT2D eigenvalue weighted by Gasteiger charge is -2.12. The molecular weight excluding hydrogens is 304 g/mol. The second-order valence-corrected chi connectivity index (χ2v) is 5.89. The molecule has 0 aromatic heterocycles. The average Bonchev–Trinajstić information content (AvgIpc) is 2.55. The maximum Gasteiger partial charge on any atom is 0.339 e. The van der Waals surface area contributed by atoms with Crippen molar-refractivity contribution in [2.75, 3.05) is 17.7 Å². The van der Waals surface area contributed by atoms with Gasteiger partial charge in [-0.25, -0.2) is 4.79 Å². The summed E-state index contributed by atoms with van der Waals surface area (Å²) in [7, 11) is 1.35. The quantitative estimate of drug-likeness (QED) is 0.781. The molecule has 2 rings (SSSR count). The minimum absolute atomic E-state index is 0.00162. The number of hydrogen-bond acceptors (Lipinski definition) is 4. The van der Waals surface area contributed by atoms with E-state index in [0.29, 0.717) is 23.6 Å². The van der Waals surface area contributed by atoms with Crippen molar-refractivity contribution in [2.45, 2.75) is 20.3 Å². The second kappa shape index (κ2) is 8.15. The van der Waals surface area contributed by atoms with Crippen LogP contribution in [0.4, 0.5) is 17.1 Å². The minimum Gasteiger partial charge on any atom is -0.465 e. The van der Waals surface area contributed by atoms with Gasteiger partial charge in [0.05, 0.1) is 18.4 Å². The van der Waals surface area contributed by atoms with E-state index in [1.54, 1.807) is 12.1 Å². The summed E-state index contributed by atoms with van der Waals surface area (Å²) in [6.45, 7) is 4.01. The summed E-state index contributed by atoms with van der Waals surface area (Å²) in [5.74, 6) is -0.0711. The molecule has 0 atom stereocenters. The highest BCUT2D eigenvalue weighted by Gasteiger charge is 2.11. The van der Waals surface area contributed by atoms with Crippen molar-refractivity contribution in [1.82, 2.24) is 0 Å². The Bertz CT molecular complexity index is 709. The first-order chi connectivity index (χ1) is 11.5. The molecule has 126 valence electrons. The summed E-state index contributed by atoms with van der Waals surface area (Å²) in [6, 6.07) is 14.5. The highest BCUT2D eigenvalue weighted by Crippen LogP contribution is 2.23. The molecule has 0 radical (unpaired) electrons. The predicted octanol–water partition coefficient (Wildman–Crippen LogP) is 4.20. The van der Waals surface area contributed by atoms with Crippen LogP contribution in [0.5, 0.6) is 0 Å². The van der Waals surface area contributed by atoms with Crippen LogP contribution in [-0.2, 0) is 9.53 Å². The maximum atomic E-state index is 11.8. The lowest BCUT2D eigenvalue weighted by molar-refractivity contribution is -0.116. The van der Waals surface area contributed by atoms with E-state index < -0.39 is 5.97 Å². The number of carbonyl (C=O) groups excluding carboxylic acids is 2. The molecule has 0 aliphatic rings. The summed E-state index contributed by atoms with van der Waals surface area (Å²) in [4.78, 5) is 23.6. The van der Waals surface area contributed by atoms with Gasteiger partial charge in [0.2, 0.25) is 5.91 Å². The highest BCUT2D eigenvalue weighted by atomic mass is 16.5. The van der Waals surface area contributed by atoms with Crippen LogP contribution in [0.2, 0.25) is 0 Å². The molecular formula is C19H22N2O3. The van der Waals surface area contributed by atoms with Crippen LogP contribution < -0.4 is 10.6 Å². The molecule has 5 nitrogen and oxygen atoms in total. The van der Waals surface area contributed by atoms with E-state index in [0.717, 1.165) is 11.4 Å². The van der Waals surface area contributed by atoms with Crippen LogP contribution in [0.15, 0.2) is 48.5 Å². The lowest BCUT2D eigenvalue weighted by Crippen LogP contribution is -2.13. The first-order valence-corrected chi connectivity index (χ1v) is 7.84. The van der Waals surface area contributed by atoms with Crippen molar-refractivity contribution in [3.8, 4) is 0 Å². The Morgan fingerprint density at radius 2 is 1.62 bits per heavy atom. The van der Waals surface area contributed by atoms with Crippen LogP contribution in [-0.4, -0.2) is 19.0 Å². The number of esters is 1. The Kier molecular flexibility index (Phi) is 5.95. The molecule has 1 amide bonds. The fourth-order valence-corrected chi connectivity index (χ4v) is 2.26. The van der Waals surface area contributed by atoms with E-state index in [-0.39, 0.29) is 5.91 Å². The van der Waals surface area contributed by atoms with E-state index in [1.807, 2.05) is 50.2 Å². The summed E-state index contributed by atoms with van der Waals surface area (Å²) >= 11 is 0. The van der Waals surface area contributed by atoms with Gasteiger partial charge in [-0.1, -0.05) is 26.0 Å². The van der Waals surface area contributed by atoms with Crippen LogP contribution in [0.3, 0.4) is 0 Å². The molecule has 5 heteroatoms. The minimum atomic E-state index is -0.393. The third-order valence-electron chi connectivity index (χ3n) is 3.37. The second-order valence-electron chi connectivity index (χ2n) is 5.89. The van der Waals surface area contributed by atoms with Gasteiger partial charge in [-0.3, -0.25) is 4.79 Å². The molecule has 0 bridgehead atoms. The van der Waals surface area contributed by atoms with Gasteiger partial charge in [-0.05, 0) is 42.3 Å². The highest BCUT2D eigenvalue weighted by molar-refractivity contribution is 5.96. The summed E-state index contributed by atoms with van der Waals surface area (Å²) in [6.07, 6.45) is 0.493. The van der Waals surface area contributed by atoms with Gasteiger partial charge in [0.1, 0.15) is 0 Å². The molecule has 0 heterocycles. The summed E-state index contributed by atoms with van der Waals surface area (Å²) in [5, 5.41) is 6.05.